The Balaban J connectivity index is 1.71. The van der Waals surface area contributed by atoms with E-state index in [2.05, 4.69) is 9.97 Å². The van der Waals surface area contributed by atoms with E-state index < -0.39 is 11.6 Å². The molecule has 0 amide bonds. The molecule has 0 unspecified atom stereocenters. The molecule has 2 aromatic heterocycles. The van der Waals surface area contributed by atoms with Gasteiger partial charge in [-0.25, -0.2) is 13.8 Å². The standard InChI is InChI=1S/C17H13Cl2F2N3O/c1-10-4-12(25-9-15-14(21)5-11(20)7-22-15)2-3-24(10)16-6-17(19)23-8-13(16)18/h2,4-8H,3,9H2,1H3. The fourth-order valence-electron chi connectivity index (χ4n) is 2.37. The molecule has 1 aliphatic heterocycles. The number of halogens is 4. The van der Waals surface area contributed by atoms with Crippen LogP contribution >= 0.6 is 23.2 Å². The van der Waals surface area contributed by atoms with Gasteiger partial charge < -0.3 is 9.64 Å². The zero-order valence-corrected chi connectivity index (χ0v) is 14.7. The number of hydrogen-bond acceptors (Lipinski definition) is 4. The second-order valence-corrected chi connectivity index (χ2v) is 6.13. The van der Waals surface area contributed by atoms with E-state index in [-0.39, 0.29) is 12.3 Å². The number of aromatic nitrogens is 2. The first-order valence-corrected chi connectivity index (χ1v) is 8.09. The van der Waals surface area contributed by atoms with Gasteiger partial charge in [0.1, 0.15) is 29.0 Å². The fraction of sp³-hybridized carbons (Fsp3) is 0.176. The molecule has 130 valence electrons. The van der Waals surface area contributed by atoms with Gasteiger partial charge in [-0.05, 0) is 19.1 Å². The Kier molecular flexibility index (Phi) is 5.20. The number of anilines is 1. The summed E-state index contributed by atoms with van der Waals surface area (Å²) in [4.78, 5) is 9.57. The van der Waals surface area contributed by atoms with Crippen LogP contribution in [0.2, 0.25) is 10.2 Å². The van der Waals surface area contributed by atoms with Gasteiger partial charge in [-0.3, -0.25) is 4.98 Å². The SMILES string of the molecule is CC1=CC(OCc2ncc(F)cc2F)=CCN1c1cc(Cl)ncc1Cl. The Morgan fingerprint density at radius 2 is 2.00 bits per heavy atom. The summed E-state index contributed by atoms with van der Waals surface area (Å²) in [6.07, 6.45) is 6.05. The molecule has 2 aromatic rings. The summed E-state index contributed by atoms with van der Waals surface area (Å²) in [7, 11) is 0. The summed E-state index contributed by atoms with van der Waals surface area (Å²) in [5.41, 5.74) is 1.64. The number of pyridine rings is 2. The summed E-state index contributed by atoms with van der Waals surface area (Å²) < 4.78 is 32.0. The molecule has 0 radical (unpaired) electrons. The first kappa shape index (κ1) is 17.6. The molecular weight excluding hydrogens is 371 g/mol. The zero-order chi connectivity index (χ0) is 18.0. The predicted molar refractivity (Wildman–Crippen MR) is 92.4 cm³/mol. The first-order valence-electron chi connectivity index (χ1n) is 7.34. The maximum absolute atomic E-state index is 13.6. The van der Waals surface area contributed by atoms with Crippen molar-refractivity contribution in [1.82, 2.24) is 9.97 Å². The van der Waals surface area contributed by atoms with Gasteiger partial charge in [0.25, 0.3) is 0 Å². The first-order chi connectivity index (χ1) is 11.9. The van der Waals surface area contributed by atoms with Crippen LogP contribution in [0, 0.1) is 11.6 Å². The Hall–Kier alpha value is -2.18. The van der Waals surface area contributed by atoms with Crippen LogP contribution in [-0.2, 0) is 11.3 Å². The minimum absolute atomic E-state index is 0.0414. The predicted octanol–water partition coefficient (Wildman–Crippen LogP) is 4.89. The quantitative estimate of drug-likeness (QED) is 0.704. The number of hydrogen-bond donors (Lipinski definition) is 0. The molecule has 0 atom stereocenters. The average molecular weight is 384 g/mol. The summed E-state index contributed by atoms with van der Waals surface area (Å²) in [5.74, 6) is -0.898. The fourth-order valence-corrected chi connectivity index (χ4v) is 2.73. The van der Waals surface area contributed by atoms with Gasteiger partial charge in [0.15, 0.2) is 5.82 Å². The molecular formula is C17H13Cl2F2N3O. The van der Waals surface area contributed by atoms with Crippen LogP contribution in [0.1, 0.15) is 12.6 Å². The van der Waals surface area contributed by atoms with Crippen molar-refractivity contribution in [2.24, 2.45) is 0 Å². The van der Waals surface area contributed by atoms with Gasteiger partial charge in [-0.1, -0.05) is 23.2 Å². The molecule has 1 aliphatic rings. The molecule has 0 saturated heterocycles. The van der Waals surface area contributed by atoms with Crippen molar-refractivity contribution in [3.05, 3.63) is 75.6 Å². The van der Waals surface area contributed by atoms with Gasteiger partial charge in [0.05, 0.1) is 16.9 Å². The minimum Gasteiger partial charge on any atom is -0.487 e. The average Bonchev–Trinajstić information content (AvgIpc) is 2.57. The summed E-state index contributed by atoms with van der Waals surface area (Å²) >= 11 is 12.1. The Morgan fingerprint density at radius 3 is 2.72 bits per heavy atom. The minimum atomic E-state index is -0.739. The lowest BCUT2D eigenvalue weighted by atomic mass is 10.2. The van der Waals surface area contributed by atoms with Crippen LogP contribution in [0.3, 0.4) is 0 Å². The van der Waals surface area contributed by atoms with Crippen molar-refractivity contribution >= 4 is 28.9 Å². The molecule has 0 aliphatic carbocycles. The van der Waals surface area contributed by atoms with Crippen LogP contribution in [0.4, 0.5) is 14.5 Å². The zero-order valence-electron chi connectivity index (χ0n) is 13.1. The molecule has 0 aromatic carbocycles. The van der Waals surface area contributed by atoms with Crippen molar-refractivity contribution in [2.45, 2.75) is 13.5 Å². The second-order valence-electron chi connectivity index (χ2n) is 5.33. The van der Waals surface area contributed by atoms with Crippen molar-refractivity contribution < 1.29 is 13.5 Å². The van der Waals surface area contributed by atoms with E-state index in [1.807, 2.05) is 17.9 Å². The topological polar surface area (TPSA) is 38.2 Å². The smallest absolute Gasteiger partial charge is 0.151 e. The van der Waals surface area contributed by atoms with Gasteiger partial charge >= 0.3 is 0 Å². The Labute approximate surface area is 153 Å². The summed E-state index contributed by atoms with van der Waals surface area (Å²) in [6.45, 7) is 2.29. The van der Waals surface area contributed by atoms with Crippen LogP contribution in [0.15, 0.2) is 48.1 Å². The number of ether oxygens (including phenoxy) is 1. The van der Waals surface area contributed by atoms with E-state index in [1.165, 1.54) is 6.20 Å². The van der Waals surface area contributed by atoms with Gasteiger partial charge in [-0.2, -0.15) is 0 Å². The molecule has 25 heavy (non-hydrogen) atoms. The molecule has 0 bridgehead atoms. The summed E-state index contributed by atoms with van der Waals surface area (Å²) in [6, 6.07) is 2.46. The van der Waals surface area contributed by atoms with Gasteiger partial charge in [-0.15, -0.1) is 0 Å². The highest BCUT2D eigenvalue weighted by Crippen LogP contribution is 2.32. The Morgan fingerprint density at radius 1 is 1.20 bits per heavy atom. The lowest BCUT2D eigenvalue weighted by molar-refractivity contribution is 0.201. The van der Waals surface area contributed by atoms with Gasteiger partial charge in [0.2, 0.25) is 0 Å². The van der Waals surface area contributed by atoms with Crippen LogP contribution in [0.25, 0.3) is 0 Å². The van der Waals surface area contributed by atoms with E-state index in [1.54, 1.807) is 12.1 Å². The molecule has 8 heteroatoms. The van der Waals surface area contributed by atoms with E-state index >= 15 is 0 Å². The molecule has 0 spiro atoms. The molecule has 3 heterocycles. The van der Waals surface area contributed by atoms with Crippen molar-refractivity contribution in [2.75, 3.05) is 11.4 Å². The lowest BCUT2D eigenvalue weighted by Gasteiger charge is -2.28. The number of rotatable bonds is 4. The molecule has 4 nitrogen and oxygen atoms in total. The third-order valence-corrected chi connectivity index (χ3v) is 4.10. The van der Waals surface area contributed by atoms with Crippen molar-refractivity contribution in [3.8, 4) is 0 Å². The highest BCUT2D eigenvalue weighted by atomic mass is 35.5. The van der Waals surface area contributed by atoms with Crippen molar-refractivity contribution in [1.29, 1.82) is 0 Å². The van der Waals surface area contributed by atoms with Crippen LogP contribution in [0.5, 0.6) is 0 Å². The van der Waals surface area contributed by atoms with Crippen LogP contribution < -0.4 is 4.90 Å². The van der Waals surface area contributed by atoms with Crippen LogP contribution in [-0.4, -0.2) is 16.5 Å². The molecule has 0 fully saturated rings. The Bertz CT molecular complexity index is 871. The molecule has 0 saturated carbocycles. The van der Waals surface area contributed by atoms with E-state index in [0.717, 1.165) is 23.6 Å². The van der Waals surface area contributed by atoms with E-state index in [0.29, 0.717) is 22.5 Å². The second kappa shape index (κ2) is 7.37. The highest BCUT2D eigenvalue weighted by Gasteiger charge is 2.17. The largest absolute Gasteiger partial charge is 0.487 e. The molecule has 3 rings (SSSR count). The number of allylic oxidation sites excluding steroid dienone is 2. The maximum Gasteiger partial charge on any atom is 0.151 e. The van der Waals surface area contributed by atoms with Crippen molar-refractivity contribution in [3.63, 3.8) is 0 Å². The monoisotopic (exact) mass is 383 g/mol. The van der Waals surface area contributed by atoms with E-state index in [4.69, 9.17) is 27.9 Å². The molecule has 0 N–H and O–H groups in total. The third-order valence-electron chi connectivity index (χ3n) is 3.60. The third kappa shape index (κ3) is 4.08. The highest BCUT2D eigenvalue weighted by molar-refractivity contribution is 6.34. The maximum atomic E-state index is 13.6. The normalized spacial score (nSPS) is 14.2. The number of nitrogens with zero attached hydrogens (tertiary/aromatic N) is 3. The van der Waals surface area contributed by atoms with Gasteiger partial charge in [0, 0.05) is 30.6 Å². The summed E-state index contributed by atoms with van der Waals surface area (Å²) in [5, 5.41) is 0.823. The lowest BCUT2D eigenvalue weighted by Crippen LogP contribution is -2.24. The van der Waals surface area contributed by atoms with E-state index in [9.17, 15) is 8.78 Å².